The second-order valence-electron chi connectivity index (χ2n) is 5.54. The number of carbonyl (C=O) groups excluding carboxylic acids is 1. The van der Waals surface area contributed by atoms with Crippen LogP contribution in [-0.2, 0) is 4.79 Å². The highest BCUT2D eigenvalue weighted by Gasteiger charge is 2.13. The van der Waals surface area contributed by atoms with Crippen LogP contribution < -0.4 is 4.74 Å². The van der Waals surface area contributed by atoms with Gasteiger partial charge in [-0.25, -0.2) is 0 Å². The van der Waals surface area contributed by atoms with Crippen molar-refractivity contribution in [3.63, 3.8) is 0 Å². The van der Waals surface area contributed by atoms with Crippen LogP contribution in [0, 0.1) is 5.92 Å². The van der Waals surface area contributed by atoms with Gasteiger partial charge in [-0.15, -0.1) is 0 Å². The fourth-order valence-electron chi connectivity index (χ4n) is 2.55. The lowest BCUT2D eigenvalue weighted by atomic mass is 9.90. The normalized spacial score (nSPS) is 16.4. The molecule has 2 heteroatoms. The van der Waals surface area contributed by atoms with E-state index in [-0.39, 0.29) is 5.78 Å². The Labute approximate surface area is 121 Å². The standard InChI is InChI=1S/C18H24O2/c1-2-17(19)11-8-15-9-12-18(13-10-15)20-14-16-6-4-3-5-7-16/h8-13,16H,2-7,14H2,1H3. The first-order valence-corrected chi connectivity index (χ1v) is 7.71. The summed E-state index contributed by atoms with van der Waals surface area (Å²) in [6.45, 7) is 2.71. The number of hydrogen-bond donors (Lipinski definition) is 0. The van der Waals surface area contributed by atoms with Crippen molar-refractivity contribution in [2.45, 2.75) is 45.4 Å². The van der Waals surface area contributed by atoms with Crippen LogP contribution in [0.15, 0.2) is 30.3 Å². The van der Waals surface area contributed by atoms with Gasteiger partial charge in [0.2, 0.25) is 0 Å². The van der Waals surface area contributed by atoms with Crippen molar-refractivity contribution < 1.29 is 9.53 Å². The number of ether oxygens (including phenoxy) is 1. The molecular formula is C18H24O2. The molecule has 0 bridgehead atoms. The fraction of sp³-hybridized carbons (Fsp3) is 0.500. The molecule has 1 saturated carbocycles. The molecule has 0 N–H and O–H groups in total. The Bertz CT molecular complexity index is 439. The largest absolute Gasteiger partial charge is 0.493 e. The maximum atomic E-state index is 11.2. The van der Waals surface area contributed by atoms with Crippen molar-refractivity contribution in [3.05, 3.63) is 35.9 Å². The molecule has 1 aliphatic carbocycles. The van der Waals surface area contributed by atoms with Crippen molar-refractivity contribution >= 4 is 11.9 Å². The van der Waals surface area contributed by atoms with Gasteiger partial charge in [0.25, 0.3) is 0 Å². The van der Waals surface area contributed by atoms with Crippen LogP contribution in [0.3, 0.4) is 0 Å². The van der Waals surface area contributed by atoms with E-state index in [2.05, 4.69) is 0 Å². The number of carbonyl (C=O) groups is 1. The number of allylic oxidation sites excluding steroid dienone is 1. The van der Waals surface area contributed by atoms with E-state index in [9.17, 15) is 4.79 Å². The highest BCUT2D eigenvalue weighted by atomic mass is 16.5. The summed E-state index contributed by atoms with van der Waals surface area (Å²) in [6, 6.07) is 7.96. The number of rotatable bonds is 6. The molecule has 0 amide bonds. The minimum atomic E-state index is 0.155. The van der Waals surface area contributed by atoms with E-state index >= 15 is 0 Å². The maximum absolute atomic E-state index is 11.2. The van der Waals surface area contributed by atoms with Crippen LogP contribution in [0.5, 0.6) is 5.75 Å². The Morgan fingerprint density at radius 3 is 2.55 bits per heavy atom. The lowest BCUT2D eigenvalue weighted by Crippen LogP contribution is -2.15. The first-order valence-electron chi connectivity index (χ1n) is 7.71. The van der Waals surface area contributed by atoms with Gasteiger partial charge in [0.1, 0.15) is 5.75 Å². The number of ketones is 1. The molecule has 0 radical (unpaired) electrons. The second-order valence-corrected chi connectivity index (χ2v) is 5.54. The molecule has 0 heterocycles. The summed E-state index contributed by atoms with van der Waals surface area (Å²) in [6.07, 6.45) is 10.7. The first-order chi connectivity index (χ1) is 9.78. The lowest BCUT2D eigenvalue weighted by molar-refractivity contribution is -0.114. The molecule has 1 aliphatic rings. The third-order valence-corrected chi connectivity index (χ3v) is 3.90. The van der Waals surface area contributed by atoms with Gasteiger partial charge in [0.05, 0.1) is 6.61 Å². The Balaban J connectivity index is 1.81. The molecular weight excluding hydrogens is 248 g/mol. The molecule has 1 aromatic carbocycles. The van der Waals surface area contributed by atoms with E-state index < -0.39 is 0 Å². The molecule has 2 rings (SSSR count). The zero-order valence-electron chi connectivity index (χ0n) is 12.3. The van der Waals surface area contributed by atoms with Gasteiger partial charge < -0.3 is 4.74 Å². The van der Waals surface area contributed by atoms with Crippen molar-refractivity contribution in [2.75, 3.05) is 6.61 Å². The maximum Gasteiger partial charge on any atom is 0.155 e. The average Bonchev–Trinajstić information content (AvgIpc) is 2.52. The molecule has 0 saturated heterocycles. The van der Waals surface area contributed by atoms with Crippen LogP contribution >= 0.6 is 0 Å². The van der Waals surface area contributed by atoms with Crippen LogP contribution in [0.4, 0.5) is 0 Å². The minimum absolute atomic E-state index is 0.155. The molecule has 1 fully saturated rings. The third kappa shape index (κ3) is 4.84. The van der Waals surface area contributed by atoms with Crippen LogP contribution in [0.1, 0.15) is 51.0 Å². The summed E-state index contributed by atoms with van der Waals surface area (Å²) in [7, 11) is 0. The van der Waals surface area contributed by atoms with Crippen molar-refractivity contribution in [2.24, 2.45) is 5.92 Å². The van der Waals surface area contributed by atoms with Gasteiger partial charge in [0, 0.05) is 6.42 Å². The van der Waals surface area contributed by atoms with E-state index in [0.29, 0.717) is 6.42 Å². The molecule has 20 heavy (non-hydrogen) atoms. The van der Waals surface area contributed by atoms with Crippen molar-refractivity contribution in [3.8, 4) is 5.75 Å². The Morgan fingerprint density at radius 2 is 1.90 bits per heavy atom. The molecule has 0 aliphatic heterocycles. The SMILES string of the molecule is CCC(=O)C=Cc1ccc(OCC2CCCCC2)cc1. The Hall–Kier alpha value is -1.57. The zero-order chi connectivity index (χ0) is 14.2. The topological polar surface area (TPSA) is 26.3 Å². The highest BCUT2D eigenvalue weighted by molar-refractivity contribution is 5.93. The second kappa shape index (κ2) is 7.88. The average molecular weight is 272 g/mol. The van der Waals surface area contributed by atoms with Crippen molar-refractivity contribution in [1.82, 2.24) is 0 Å². The summed E-state index contributed by atoms with van der Waals surface area (Å²) in [5.74, 6) is 1.81. The fourth-order valence-corrected chi connectivity index (χ4v) is 2.55. The summed E-state index contributed by atoms with van der Waals surface area (Å²) >= 11 is 0. The molecule has 108 valence electrons. The van der Waals surface area contributed by atoms with Crippen LogP contribution in [-0.4, -0.2) is 12.4 Å². The molecule has 2 nitrogen and oxygen atoms in total. The third-order valence-electron chi connectivity index (χ3n) is 3.90. The first kappa shape index (κ1) is 14.8. The Kier molecular flexibility index (Phi) is 5.85. The number of hydrogen-bond acceptors (Lipinski definition) is 2. The minimum Gasteiger partial charge on any atom is -0.493 e. The van der Waals surface area contributed by atoms with E-state index in [1.807, 2.05) is 37.3 Å². The molecule has 0 spiro atoms. The van der Waals surface area contributed by atoms with E-state index in [1.165, 1.54) is 32.1 Å². The predicted molar refractivity (Wildman–Crippen MR) is 82.8 cm³/mol. The predicted octanol–water partition coefficient (Wildman–Crippen LogP) is 4.64. The summed E-state index contributed by atoms with van der Waals surface area (Å²) in [5, 5.41) is 0. The van der Waals surface area contributed by atoms with Crippen LogP contribution in [0.2, 0.25) is 0 Å². The zero-order valence-corrected chi connectivity index (χ0v) is 12.3. The number of benzene rings is 1. The van der Waals surface area contributed by atoms with Gasteiger partial charge in [0.15, 0.2) is 5.78 Å². The molecule has 1 aromatic rings. The lowest BCUT2D eigenvalue weighted by Gasteiger charge is -2.21. The van der Waals surface area contributed by atoms with Crippen molar-refractivity contribution in [1.29, 1.82) is 0 Å². The molecule has 0 atom stereocenters. The quantitative estimate of drug-likeness (QED) is 0.705. The van der Waals surface area contributed by atoms with E-state index in [0.717, 1.165) is 23.8 Å². The van der Waals surface area contributed by atoms with Crippen LogP contribution in [0.25, 0.3) is 6.08 Å². The molecule has 0 aromatic heterocycles. The van der Waals surface area contributed by atoms with Gasteiger partial charge in [-0.05, 0) is 42.5 Å². The van der Waals surface area contributed by atoms with Gasteiger partial charge in [-0.3, -0.25) is 4.79 Å². The summed E-state index contributed by atoms with van der Waals surface area (Å²) in [4.78, 5) is 11.2. The van der Waals surface area contributed by atoms with E-state index in [1.54, 1.807) is 6.08 Å². The summed E-state index contributed by atoms with van der Waals surface area (Å²) in [5.41, 5.74) is 1.04. The Morgan fingerprint density at radius 1 is 1.20 bits per heavy atom. The summed E-state index contributed by atoms with van der Waals surface area (Å²) < 4.78 is 5.86. The van der Waals surface area contributed by atoms with Gasteiger partial charge in [-0.1, -0.05) is 44.4 Å². The monoisotopic (exact) mass is 272 g/mol. The molecule has 0 unspecified atom stereocenters. The van der Waals surface area contributed by atoms with E-state index in [4.69, 9.17) is 4.74 Å². The highest BCUT2D eigenvalue weighted by Crippen LogP contribution is 2.24. The van der Waals surface area contributed by atoms with Gasteiger partial charge >= 0.3 is 0 Å². The van der Waals surface area contributed by atoms with Gasteiger partial charge in [-0.2, -0.15) is 0 Å². The smallest absolute Gasteiger partial charge is 0.155 e.